The van der Waals surface area contributed by atoms with Gasteiger partial charge in [-0.15, -0.1) is 0 Å². The standard InChI is InChI=1S/C27H25NO4/c1-18(32-22-15-13-21(31-2)14-16-22)27(30)28-26(20-9-4-3-5-10-20)25-23-11-7-6-8-19(23)12-17-24(25)29/h3-18,26,29H,1-2H3,(H,28,30). The molecule has 4 aromatic rings. The second-order valence-electron chi connectivity index (χ2n) is 7.51. The number of carbonyl (C=O) groups is 1. The number of phenolic OH excluding ortho intramolecular Hbond substituents is 1. The summed E-state index contributed by atoms with van der Waals surface area (Å²) in [5, 5.41) is 15.7. The highest BCUT2D eigenvalue weighted by Crippen LogP contribution is 2.36. The molecule has 4 aromatic carbocycles. The van der Waals surface area contributed by atoms with E-state index >= 15 is 0 Å². The molecular formula is C27H25NO4. The topological polar surface area (TPSA) is 67.8 Å². The van der Waals surface area contributed by atoms with Gasteiger partial charge in [0.15, 0.2) is 6.10 Å². The molecule has 2 N–H and O–H groups in total. The Bertz CT molecular complexity index is 1210. The minimum Gasteiger partial charge on any atom is -0.508 e. The maximum Gasteiger partial charge on any atom is 0.261 e. The molecule has 0 aliphatic heterocycles. The predicted molar refractivity (Wildman–Crippen MR) is 125 cm³/mol. The van der Waals surface area contributed by atoms with Gasteiger partial charge in [0.1, 0.15) is 17.2 Å². The molecule has 0 fully saturated rings. The van der Waals surface area contributed by atoms with E-state index < -0.39 is 12.1 Å². The van der Waals surface area contributed by atoms with Gasteiger partial charge >= 0.3 is 0 Å². The smallest absolute Gasteiger partial charge is 0.261 e. The third-order valence-corrected chi connectivity index (χ3v) is 5.40. The first kappa shape index (κ1) is 21.2. The molecule has 2 unspecified atom stereocenters. The van der Waals surface area contributed by atoms with Crippen molar-refractivity contribution in [2.75, 3.05) is 7.11 Å². The summed E-state index contributed by atoms with van der Waals surface area (Å²) >= 11 is 0. The van der Waals surface area contributed by atoms with E-state index in [9.17, 15) is 9.90 Å². The summed E-state index contributed by atoms with van der Waals surface area (Å²) in [6.07, 6.45) is -0.744. The summed E-state index contributed by atoms with van der Waals surface area (Å²) in [5.41, 5.74) is 1.52. The van der Waals surface area contributed by atoms with Gasteiger partial charge in [0, 0.05) is 5.56 Å². The van der Waals surface area contributed by atoms with E-state index in [0.717, 1.165) is 16.3 Å². The molecule has 2 atom stereocenters. The Kier molecular flexibility index (Phi) is 6.26. The van der Waals surface area contributed by atoms with E-state index in [4.69, 9.17) is 9.47 Å². The fraction of sp³-hybridized carbons (Fsp3) is 0.148. The molecule has 5 nitrogen and oxygen atoms in total. The Labute approximate surface area is 187 Å². The van der Waals surface area contributed by atoms with E-state index in [2.05, 4.69) is 5.32 Å². The van der Waals surface area contributed by atoms with Gasteiger partial charge in [0.2, 0.25) is 0 Å². The number of benzene rings is 4. The van der Waals surface area contributed by atoms with Gasteiger partial charge in [-0.25, -0.2) is 0 Å². The van der Waals surface area contributed by atoms with Crippen LogP contribution in [0.25, 0.3) is 10.8 Å². The first-order chi connectivity index (χ1) is 15.6. The number of phenols is 1. The molecule has 0 aliphatic carbocycles. The SMILES string of the molecule is COc1ccc(OC(C)C(=O)NC(c2ccccc2)c2c(O)ccc3ccccc23)cc1. The van der Waals surface area contributed by atoms with Crippen LogP contribution in [0.15, 0.2) is 91.0 Å². The zero-order chi connectivity index (χ0) is 22.5. The third kappa shape index (κ3) is 4.52. The van der Waals surface area contributed by atoms with Crippen LogP contribution in [0.1, 0.15) is 24.1 Å². The highest BCUT2D eigenvalue weighted by molar-refractivity contribution is 5.90. The lowest BCUT2D eigenvalue weighted by Crippen LogP contribution is -2.39. The van der Waals surface area contributed by atoms with Gasteiger partial charge in [-0.2, -0.15) is 0 Å². The normalized spacial score (nSPS) is 12.7. The van der Waals surface area contributed by atoms with Crippen LogP contribution < -0.4 is 14.8 Å². The van der Waals surface area contributed by atoms with Gasteiger partial charge in [0.25, 0.3) is 5.91 Å². The van der Waals surface area contributed by atoms with Crippen LogP contribution in [0.5, 0.6) is 17.2 Å². The van der Waals surface area contributed by atoms with Crippen LogP contribution in [0.4, 0.5) is 0 Å². The van der Waals surface area contributed by atoms with Gasteiger partial charge in [0.05, 0.1) is 13.2 Å². The maximum absolute atomic E-state index is 13.1. The Morgan fingerprint density at radius 2 is 1.50 bits per heavy atom. The summed E-state index contributed by atoms with van der Waals surface area (Å²) in [4.78, 5) is 13.1. The number of nitrogens with one attached hydrogen (secondary N) is 1. The van der Waals surface area contributed by atoms with Crippen molar-refractivity contribution < 1.29 is 19.4 Å². The molecule has 0 aliphatic rings. The zero-order valence-corrected chi connectivity index (χ0v) is 18.0. The number of amides is 1. The summed E-state index contributed by atoms with van der Waals surface area (Å²) in [7, 11) is 1.60. The van der Waals surface area contributed by atoms with Gasteiger partial charge in [-0.3, -0.25) is 4.79 Å². The van der Waals surface area contributed by atoms with E-state index in [1.807, 2.05) is 60.7 Å². The van der Waals surface area contributed by atoms with Crippen LogP contribution in [0.2, 0.25) is 0 Å². The zero-order valence-electron chi connectivity index (χ0n) is 18.0. The lowest BCUT2D eigenvalue weighted by Gasteiger charge is -2.24. The molecule has 32 heavy (non-hydrogen) atoms. The molecule has 5 heteroatoms. The number of rotatable bonds is 7. The minimum atomic E-state index is -0.744. The largest absolute Gasteiger partial charge is 0.508 e. The predicted octanol–water partition coefficient (Wildman–Crippen LogP) is 5.23. The van der Waals surface area contributed by atoms with E-state index in [-0.39, 0.29) is 11.7 Å². The molecule has 162 valence electrons. The number of carbonyl (C=O) groups excluding carboxylic acids is 1. The first-order valence-electron chi connectivity index (χ1n) is 10.4. The molecule has 4 rings (SSSR count). The van der Waals surface area contributed by atoms with Crippen LogP contribution in [-0.2, 0) is 4.79 Å². The minimum absolute atomic E-state index is 0.126. The van der Waals surface area contributed by atoms with Crippen LogP contribution in [-0.4, -0.2) is 24.2 Å². The van der Waals surface area contributed by atoms with E-state index in [0.29, 0.717) is 17.1 Å². The van der Waals surface area contributed by atoms with Gasteiger partial charge in [-0.05, 0) is 53.6 Å². The number of ether oxygens (including phenoxy) is 2. The molecule has 0 spiro atoms. The first-order valence-corrected chi connectivity index (χ1v) is 10.4. The fourth-order valence-corrected chi connectivity index (χ4v) is 3.73. The molecule has 0 bridgehead atoms. The summed E-state index contributed by atoms with van der Waals surface area (Å²) in [5.74, 6) is 1.12. The van der Waals surface area contributed by atoms with E-state index in [1.54, 1.807) is 44.4 Å². The number of hydrogen-bond acceptors (Lipinski definition) is 4. The van der Waals surface area contributed by atoms with Crippen LogP contribution >= 0.6 is 0 Å². The van der Waals surface area contributed by atoms with Crippen LogP contribution in [0, 0.1) is 0 Å². The average Bonchev–Trinajstić information content (AvgIpc) is 2.83. The van der Waals surface area contributed by atoms with Crippen molar-refractivity contribution in [1.29, 1.82) is 0 Å². The second-order valence-corrected chi connectivity index (χ2v) is 7.51. The van der Waals surface area contributed by atoms with Gasteiger partial charge in [-0.1, -0.05) is 60.7 Å². The quantitative estimate of drug-likeness (QED) is 0.424. The fourth-order valence-electron chi connectivity index (χ4n) is 3.73. The monoisotopic (exact) mass is 427 g/mol. The molecule has 1 amide bonds. The maximum atomic E-state index is 13.1. The van der Waals surface area contributed by atoms with Crippen molar-refractivity contribution in [2.45, 2.75) is 19.1 Å². The third-order valence-electron chi connectivity index (χ3n) is 5.40. The van der Waals surface area contributed by atoms with Crippen molar-refractivity contribution in [3.05, 3.63) is 102 Å². The summed E-state index contributed by atoms with van der Waals surface area (Å²) in [6.45, 7) is 1.70. The Hall–Kier alpha value is -3.99. The Morgan fingerprint density at radius 3 is 2.22 bits per heavy atom. The van der Waals surface area contributed by atoms with E-state index in [1.165, 1.54) is 0 Å². The summed E-state index contributed by atoms with van der Waals surface area (Å²) in [6, 6.07) is 27.5. The van der Waals surface area contributed by atoms with Crippen molar-refractivity contribution in [3.63, 3.8) is 0 Å². The Morgan fingerprint density at radius 1 is 0.844 bits per heavy atom. The molecule has 0 saturated heterocycles. The summed E-state index contributed by atoms with van der Waals surface area (Å²) < 4.78 is 11.0. The highest BCUT2D eigenvalue weighted by Gasteiger charge is 2.25. The Balaban J connectivity index is 1.65. The lowest BCUT2D eigenvalue weighted by atomic mass is 9.92. The van der Waals surface area contributed by atoms with Gasteiger partial charge < -0.3 is 19.9 Å². The number of methoxy groups -OCH3 is 1. The molecule has 0 aromatic heterocycles. The molecule has 0 saturated carbocycles. The second kappa shape index (κ2) is 9.43. The average molecular weight is 428 g/mol. The number of fused-ring (bicyclic) bond motifs is 1. The van der Waals surface area contributed by atoms with Crippen molar-refractivity contribution in [1.82, 2.24) is 5.32 Å². The number of hydrogen-bond donors (Lipinski definition) is 2. The molecule has 0 radical (unpaired) electrons. The number of aromatic hydroxyl groups is 1. The van der Waals surface area contributed by atoms with Crippen molar-refractivity contribution >= 4 is 16.7 Å². The molecule has 0 heterocycles. The lowest BCUT2D eigenvalue weighted by molar-refractivity contribution is -0.127. The van der Waals surface area contributed by atoms with Crippen molar-refractivity contribution in [3.8, 4) is 17.2 Å². The highest BCUT2D eigenvalue weighted by atomic mass is 16.5. The van der Waals surface area contributed by atoms with Crippen molar-refractivity contribution in [2.24, 2.45) is 0 Å². The molecular weight excluding hydrogens is 402 g/mol. The van der Waals surface area contributed by atoms with Crippen LogP contribution in [0.3, 0.4) is 0 Å².